The smallest absolute Gasteiger partial charge is 0.272 e. The molecule has 0 saturated carbocycles. The SMILES string of the molecule is CN1CCc2nc(NC(=O)c3cccc([C@H]4CCCN4C(=O)c4cc(-c5ccncc5)n[nH]4)c3)sc2C1. The Morgan fingerprint density at radius 1 is 1.14 bits per heavy atom. The highest BCUT2D eigenvalue weighted by Gasteiger charge is 2.32. The number of carbonyl (C=O) groups excluding carboxylic acids is 2. The van der Waals surface area contributed by atoms with E-state index in [1.54, 1.807) is 35.9 Å². The number of H-pyrrole nitrogens is 1. The predicted octanol–water partition coefficient (Wildman–Crippen LogP) is 4.15. The van der Waals surface area contributed by atoms with Gasteiger partial charge in [0.05, 0.1) is 17.4 Å². The molecule has 1 fully saturated rings. The van der Waals surface area contributed by atoms with Crippen LogP contribution in [0.3, 0.4) is 0 Å². The third-order valence-electron chi connectivity index (χ3n) is 6.97. The summed E-state index contributed by atoms with van der Waals surface area (Å²) in [5.74, 6) is -0.281. The number of aromatic amines is 1. The summed E-state index contributed by atoms with van der Waals surface area (Å²) in [4.78, 5) is 40.5. The van der Waals surface area contributed by atoms with Crippen molar-refractivity contribution in [1.29, 1.82) is 0 Å². The molecule has 9 nitrogen and oxygen atoms in total. The summed E-state index contributed by atoms with van der Waals surface area (Å²) in [5.41, 5.74) is 4.64. The third kappa shape index (κ3) is 4.77. The molecule has 2 N–H and O–H groups in total. The van der Waals surface area contributed by atoms with Crippen LogP contribution in [0.15, 0.2) is 54.9 Å². The lowest BCUT2D eigenvalue weighted by Crippen LogP contribution is -2.31. The van der Waals surface area contributed by atoms with E-state index in [1.807, 2.05) is 35.2 Å². The Morgan fingerprint density at radius 3 is 2.86 bits per heavy atom. The zero-order chi connectivity index (χ0) is 25.4. The molecule has 2 aliphatic rings. The van der Waals surface area contributed by atoms with Gasteiger partial charge in [0, 0.05) is 54.5 Å². The molecule has 0 spiro atoms. The molecule has 4 aromatic rings. The van der Waals surface area contributed by atoms with E-state index < -0.39 is 0 Å². The minimum Gasteiger partial charge on any atom is -0.330 e. The Hall–Kier alpha value is -3.89. The summed E-state index contributed by atoms with van der Waals surface area (Å²) in [6, 6.07) is 13.0. The molecule has 0 aliphatic carbocycles. The van der Waals surface area contributed by atoms with Gasteiger partial charge in [0.15, 0.2) is 5.13 Å². The van der Waals surface area contributed by atoms with Crippen LogP contribution in [0.25, 0.3) is 11.3 Å². The first-order chi connectivity index (χ1) is 18.0. The molecule has 37 heavy (non-hydrogen) atoms. The number of amides is 2. The molecule has 5 heterocycles. The van der Waals surface area contributed by atoms with Crippen LogP contribution in [0.5, 0.6) is 0 Å². The van der Waals surface area contributed by atoms with Crippen LogP contribution < -0.4 is 5.32 Å². The minimum absolute atomic E-state index is 0.0940. The molecule has 0 bridgehead atoms. The highest BCUT2D eigenvalue weighted by molar-refractivity contribution is 7.15. The van der Waals surface area contributed by atoms with E-state index in [2.05, 4.69) is 37.4 Å². The van der Waals surface area contributed by atoms with Gasteiger partial charge in [-0.2, -0.15) is 5.10 Å². The lowest BCUT2D eigenvalue weighted by atomic mass is 10.0. The first kappa shape index (κ1) is 23.5. The van der Waals surface area contributed by atoms with Gasteiger partial charge in [0.2, 0.25) is 0 Å². The Labute approximate surface area is 218 Å². The van der Waals surface area contributed by atoms with Gasteiger partial charge in [-0.3, -0.25) is 25.0 Å². The number of carbonyl (C=O) groups is 2. The maximum Gasteiger partial charge on any atom is 0.272 e. The second kappa shape index (κ2) is 9.87. The van der Waals surface area contributed by atoms with Gasteiger partial charge in [-0.15, -0.1) is 11.3 Å². The van der Waals surface area contributed by atoms with Gasteiger partial charge in [0.1, 0.15) is 5.69 Å². The van der Waals surface area contributed by atoms with E-state index in [1.165, 1.54) is 4.88 Å². The molecule has 10 heteroatoms. The summed E-state index contributed by atoms with van der Waals surface area (Å²) in [5, 5.41) is 10.8. The van der Waals surface area contributed by atoms with Crippen molar-refractivity contribution in [3.05, 3.63) is 82.3 Å². The third-order valence-corrected chi connectivity index (χ3v) is 7.97. The highest BCUT2D eigenvalue weighted by atomic mass is 32.1. The van der Waals surface area contributed by atoms with E-state index in [4.69, 9.17) is 0 Å². The Balaban J connectivity index is 1.18. The molecule has 2 amide bonds. The highest BCUT2D eigenvalue weighted by Crippen LogP contribution is 2.34. The number of pyridine rings is 1. The van der Waals surface area contributed by atoms with Crippen molar-refractivity contribution < 1.29 is 9.59 Å². The van der Waals surface area contributed by atoms with Crippen LogP contribution in [0.4, 0.5) is 5.13 Å². The van der Waals surface area contributed by atoms with Crippen LogP contribution in [0.2, 0.25) is 0 Å². The average molecular weight is 514 g/mol. The molecule has 188 valence electrons. The van der Waals surface area contributed by atoms with E-state index >= 15 is 0 Å². The van der Waals surface area contributed by atoms with Crippen LogP contribution in [0, 0.1) is 0 Å². The van der Waals surface area contributed by atoms with Crippen molar-refractivity contribution in [3.8, 4) is 11.3 Å². The fourth-order valence-corrected chi connectivity index (χ4v) is 6.13. The minimum atomic E-state index is -0.187. The Morgan fingerprint density at radius 2 is 2.00 bits per heavy atom. The van der Waals surface area contributed by atoms with Gasteiger partial charge in [0.25, 0.3) is 11.8 Å². The second-order valence-electron chi connectivity index (χ2n) is 9.52. The summed E-state index contributed by atoms with van der Waals surface area (Å²) in [6.45, 7) is 2.50. The standard InChI is InChI=1S/C27H27N7O2S/c1-33-13-9-20-24(16-33)37-27(29-20)30-25(35)19-5-2-4-18(14-19)23-6-3-12-34(23)26(36)22-15-21(31-32-22)17-7-10-28-11-8-17/h2,4-5,7-8,10-11,14-15,23H,3,6,9,12-13,16H2,1H3,(H,31,32)(H,29,30,35)/t23-/m1/s1. The number of likely N-dealkylation sites (N-methyl/N-ethyl adjacent to an activating group) is 1. The maximum atomic E-state index is 13.4. The summed E-state index contributed by atoms with van der Waals surface area (Å²) < 4.78 is 0. The van der Waals surface area contributed by atoms with Crippen LogP contribution in [-0.4, -0.2) is 61.9 Å². The van der Waals surface area contributed by atoms with Crippen LogP contribution >= 0.6 is 11.3 Å². The average Bonchev–Trinajstić information content (AvgIpc) is 3.68. The molecular formula is C27H27N7O2S. The van der Waals surface area contributed by atoms with Crippen molar-refractivity contribution in [2.75, 3.05) is 25.5 Å². The normalized spacial score (nSPS) is 17.5. The molecule has 1 atom stereocenters. The summed E-state index contributed by atoms with van der Waals surface area (Å²) in [6.07, 6.45) is 6.05. The van der Waals surface area contributed by atoms with Gasteiger partial charge in [-0.25, -0.2) is 4.98 Å². The topological polar surface area (TPSA) is 107 Å². The first-order valence-electron chi connectivity index (χ1n) is 12.4. The number of anilines is 1. The van der Waals surface area contributed by atoms with E-state index in [-0.39, 0.29) is 17.9 Å². The number of hydrogen-bond donors (Lipinski definition) is 2. The largest absolute Gasteiger partial charge is 0.330 e. The number of hydrogen-bond acceptors (Lipinski definition) is 7. The number of nitrogens with zero attached hydrogens (tertiary/aromatic N) is 5. The van der Waals surface area contributed by atoms with E-state index in [9.17, 15) is 9.59 Å². The number of likely N-dealkylation sites (tertiary alicyclic amines) is 1. The molecule has 0 radical (unpaired) electrons. The summed E-state index contributed by atoms with van der Waals surface area (Å²) in [7, 11) is 2.09. The molecule has 2 aliphatic heterocycles. The number of nitrogens with one attached hydrogen (secondary N) is 2. The predicted molar refractivity (Wildman–Crippen MR) is 141 cm³/mol. The van der Waals surface area contributed by atoms with Crippen molar-refractivity contribution >= 4 is 28.3 Å². The Kier molecular flexibility index (Phi) is 6.27. The maximum absolute atomic E-state index is 13.4. The lowest BCUT2D eigenvalue weighted by molar-refractivity contribution is 0.0729. The molecule has 6 rings (SSSR count). The number of thiazole rings is 1. The molecule has 1 saturated heterocycles. The number of aromatic nitrogens is 4. The van der Waals surface area contributed by atoms with Gasteiger partial charge < -0.3 is 9.80 Å². The molecule has 0 unspecified atom stereocenters. The molecular weight excluding hydrogens is 486 g/mol. The van der Waals surface area contributed by atoms with Gasteiger partial charge in [-0.05, 0) is 55.8 Å². The van der Waals surface area contributed by atoms with E-state index in [0.29, 0.717) is 28.6 Å². The van der Waals surface area contributed by atoms with Gasteiger partial charge >= 0.3 is 0 Å². The monoisotopic (exact) mass is 513 g/mol. The Bertz CT molecular complexity index is 1450. The van der Waals surface area contributed by atoms with Crippen molar-refractivity contribution in [3.63, 3.8) is 0 Å². The fraction of sp³-hybridized carbons (Fsp3) is 0.296. The quantitative estimate of drug-likeness (QED) is 0.415. The van der Waals surface area contributed by atoms with Crippen molar-refractivity contribution in [1.82, 2.24) is 30.0 Å². The summed E-state index contributed by atoms with van der Waals surface area (Å²) >= 11 is 1.54. The van der Waals surface area contributed by atoms with Gasteiger partial charge in [-0.1, -0.05) is 12.1 Å². The number of fused-ring (bicyclic) bond motifs is 1. The zero-order valence-corrected chi connectivity index (χ0v) is 21.3. The molecule has 3 aromatic heterocycles. The zero-order valence-electron chi connectivity index (χ0n) is 20.5. The van der Waals surface area contributed by atoms with Crippen molar-refractivity contribution in [2.45, 2.75) is 31.8 Å². The fourth-order valence-electron chi connectivity index (χ4n) is 5.05. The first-order valence-corrected chi connectivity index (χ1v) is 13.2. The second-order valence-corrected chi connectivity index (χ2v) is 10.6. The van der Waals surface area contributed by atoms with Crippen LogP contribution in [-0.2, 0) is 13.0 Å². The lowest BCUT2D eigenvalue weighted by Gasteiger charge is -2.25. The molecule has 1 aromatic carbocycles. The number of rotatable bonds is 5. The van der Waals surface area contributed by atoms with Crippen molar-refractivity contribution in [2.24, 2.45) is 0 Å². The van der Waals surface area contributed by atoms with E-state index in [0.717, 1.165) is 49.2 Å². The number of benzene rings is 1. The van der Waals surface area contributed by atoms with Crippen LogP contribution in [0.1, 0.15) is 55.9 Å².